The van der Waals surface area contributed by atoms with Gasteiger partial charge < -0.3 is 5.32 Å². The number of hydrogen-bond acceptors (Lipinski definition) is 3. The fraction of sp³-hybridized carbons (Fsp3) is 0.500. The van der Waals surface area contributed by atoms with E-state index in [4.69, 9.17) is 5.26 Å². The van der Waals surface area contributed by atoms with Crippen LogP contribution in [0.1, 0.15) is 18.4 Å². The molecule has 0 atom stereocenters. The van der Waals surface area contributed by atoms with Crippen LogP contribution in [0.3, 0.4) is 0 Å². The zero-order valence-electron chi connectivity index (χ0n) is 11.3. The van der Waals surface area contributed by atoms with Crippen molar-refractivity contribution >= 4 is 21.6 Å². The molecule has 1 fully saturated rings. The smallest absolute Gasteiger partial charge is 0.381 e. The Balaban J connectivity index is 1.97. The molecular weight excluding hydrogens is 347 g/mol. The minimum Gasteiger partial charge on any atom is -0.381 e. The predicted octanol–water partition coefficient (Wildman–Crippen LogP) is 3.87. The Bertz CT molecular complexity index is 531. The lowest BCUT2D eigenvalue weighted by molar-refractivity contribution is -0.137. The molecule has 0 unspecified atom stereocenters. The normalized spacial score (nSPS) is 17.5. The second-order valence-corrected chi connectivity index (χ2v) is 5.90. The second kappa shape index (κ2) is 6.67. The lowest BCUT2D eigenvalue weighted by Crippen LogP contribution is -2.39. The third kappa shape index (κ3) is 4.35. The molecule has 0 aromatic heterocycles. The van der Waals surface area contributed by atoms with Crippen LogP contribution in [0.4, 0.5) is 18.9 Å². The zero-order chi connectivity index (χ0) is 15.5. The van der Waals surface area contributed by atoms with Crippen molar-refractivity contribution in [3.8, 4) is 6.07 Å². The average Bonchev–Trinajstić information content (AvgIpc) is 2.42. The zero-order valence-corrected chi connectivity index (χ0v) is 12.8. The van der Waals surface area contributed by atoms with Crippen molar-refractivity contribution in [1.82, 2.24) is 4.90 Å². The van der Waals surface area contributed by atoms with Gasteiger partial charge in [0.2, 0.25) is 0 Å². The molecule has 0 spiro atoms. The molecular formula is C14H15BrF3N3. The van der Waals surface area contributed by atoms with Gasteiger partial charge in [-0.2, -0.15) is 18.4 Å². The van der Waals surface area contributed by atoms with E-state index in [0.717, 1.165) is 38.1 Å². The lowest BCUT2D eigenvalue weighted by Gasteiger charge is -2.31. The highest BCUT2D eigenvalue weighted by atomic mass is 79.9. The van der Waals surface area contributed by atoms with E-state index in [1.165, 1.54) is 6.07 Å². The SMILES string of the molecule is N#CCN1CCC(Nc2ccc(C(F)(F)F)cc2Br)CC1. The number of nitriles is 1. The Morgan fingerprint density at radius 3 is 2.52 bits per heavy atom. The lowest BCUT2D eigenvalue weighted by atomic mass is 10.0. The molecule has 3 nitrogen and oxygen atoms in total. The Hall–Kier alpha value is -1.26. The fourth-order valence-corrected chi connectivity index (χ4v) is 2.86. The summed E-state index contributed by atoms with van der Waals surface area (Å²) in [5, 5.41) is 11.9. The quantitative estimate of drug-likeness (QED) is 0.830. The van der Waals surface area contributed by atoms with Gasteiger partial charge in [0.15, 0.2) is 0 Å². The molecule has 1 aromatic carbocycles. The van der Waals surface area contributed by atoms with Gasteiger partial charge in [0.25, 0.3) is 0 Å². The largest absolute Gasteiger partial charge is 0.416 e. The highest BCUT2D eigenvalue weighted by Crippen LogP contribution is 2.34. The van der Waals surface area contributed by atoms with Crippen molar-refractivity contribution in [2.75, 3.05) is 25.0 Å². The molecule has 1 aliphatic rings. The molecule has 1 saturated heterocycles. The number of alkyl halides is 3. The molecule has 7 heteroatoms. The van der Waals surface area contributed by atoms with Crippen LogP contribution in [-0.4, -0.2) is 30.6 Å². The highest BCUT2D eigenvalue weighted by molar-refractivity contribution is 9.10. The molecule has 2 rings (SSSR count). The molecule has 0 aliphatic carbocycles. The maximum Gasteiger partial charge on any atom is 0.416 e. The molecule has 1 aromatic rings. The third-order valence-corrected chi connectivity index (χ3v) is 4.19. The van der Waals surface area contributed by atoms with Crippen molar-refractivity contribution in [3.05, 3.63) is 28.2 Å². The van der Waals surface area contributed by atoms with Crippen molar-refractivity contribution in [1.29, 1.82) is 5.26 Å². The van der Waals surface area contributed by atoms with E-state index in [1.807, 2.05) is 0 Å². The first kappa shape index (κ1) is 16.1. The summed E-state index contributed by atoms with van der Waals surface area (Å²) in [7, 11) is 0. The van der Waals surface area contributed by atoms with Crippen LogP contribution in [0.25, 0.3) is 0 Å². The maximum atomic E-state index is 12.6. The molecule has 0 bridgehead atoms. The Kier molecular flexibility index (Phi) is 5.12. The molecule has 0 saturated carbocycles. The molecule has 114 valence electrons. The Labute approximate surface area is 129 Å². The molecule has 1 heterocycles. The molecule has 0 amide bonds. The maximum absolute atomic E-state index is 12.6. The highest BCUT2D eigenvalue weighted by Gasteiger charge is 2.31. The molecule has 21 heavy (non-hydrogen) atoms. The van der Waals surface area contributed by atoms with E-state index in [9.17, 15) is 13.2 Å². The van der Waals surface area contributed by atoms with E-state index >= 15 is 0 Å². The predicted molar refractivity (Wildman–Crippen MR) is 77.8 cm³/mol. The number of likely N-dealkylation sites (tertiary alicyclic amines) is 1. The van der Waals surface area contributed by atoms with E-state index in [-0.39, 0.29) is 6.04 Å². The summed E-state index contributed by atoms with van der Waals surface area (Å²) in [6, 6.07) is 5.96. The molecule has 1 aliphatic heterocycles. The van der Waals surface area contributed by atoms with Crippen LogP contribution in [0, 0.1) is 11.3 Å². The van der Waals surface area contributed by atoms with Crippen LogP contribution in [0.15, 0.2) is 22.7 Å². The van der Waals surface area contributed by atoms with E-state index in [1.54, 1.807) is 0 Å². The van der Waals surface area contributed by atoms with Crippen molar-refractivity contribution in [2.45, 2.75) is 25.1 Å². The minimum atomic E-state index is -4.33. The Morgan fingerprint density at radius 2 is 2.00 bits per heavy atom. The van der Waals surface area contributed by atoms with Gasteiger partial charge in [-0.15, -0.1) is 0 Å². The van der Waals surface area contributed by atoms with Crippen LogP contribution >= 0.6 is 15.9 Å². The van der Waals surface area contributed by atoms with E-state index < -0.39 is 11.7 Å². The summed E-state index contributed by atoms with van der Waals surface area (Å²) in [6.45, 7) is 2.07. The first-order valence-corrected chi connectivity index (χ1v) is 7.42. The van der Waals surface area contributed by atoms with Crippen molar-refractivity contribution in [2.24, 2.45) is 0 Å². The summed E-state index contributed by atoms with van der Waals surface area (Å²) >= 11 is 3.19. The van der Waals surface area contributed by atoms with Crippen molar-refractivity contribution < 1.29 is 13.2 Å². The number of halogens is 4. The number of hydrogen-bond donors (Lipinski definition) is 1. The monoisotopic (exact) mass is 361 g/mol. The number of nitrogens with one attached hydrogen (secondary N) is 1. The molecule has 1 N–H and O–H groups in total. The van der Waals surface area contributed by atoms with Gasteiger partial charge in [0.1, 0.15) is 0 Å². The first-order valence-electron chi connectivity index (χ1n) is 6.62. The summed E-state index contributed by atoms with van der Waals surface area (Å²) in [6.07, 6.45) is -2.59. The van der Waals surface area contributed by atoms with Gasteiger partial charge in [0, 0.05) is 29.3 Å². The Morgan fingerprint density at radius 1 is 1.33 bits per heavy atom. The minimum absolute atomic E-state index is 0.216. The number of benzene rings is 1. The summed E-state index contributed by atoms with van der Waals surface area (Å²) in [4.78, 5) is 2.07. The topological polar surface area (TPSA) is 39.1 Å². The van der Waals surface area contributed by atoms with Crippen LogP contribution in [-0.2, 0) is 6.18 Å². The average molecular weight is 362 g/mol. The van der Waals surface area contributed by atoms with E-state index in [0.29, 0.717) is 16.7 Å². The fourth-order valence-electron chi connectivity index (χ4n) is 2.36. The van der Waals surface area contributed by atoms with Crippen molar-refractivity contribution in [3.63, 3.8) is 0 Å². The standard InChI is InChI=1S/C14H15BrF3N3/c15-12-9-10(14(16,17)18)1-2-13(12)20-11-3-6-21(7-4-11)8-5-19/h1-2,9,11,20H,3-4,6-8H2. The first-order chi connectivity index (χ1) is 9.90. The van der Waals surface area contributed by atoms with Crippen LogP contribution in [0.5, 0.6) is 0 Å². The molecule has 0 radical (unpaired) electrons. The second-order valence-electron chi connectivity index (χ2n) is 5.05. The summed E-state index contributed by atoms with van der Waals surface area (Å²) < 4.78 is 38.2. The van der Waals surface area contributed by atoms with Gasteiger partial charge in [-0.05, 0) is 47.0 Å². The van der Waals surface area contributed by atoms with Gasteiger partial charge >= 0.3 is 6.18 Å². The van der Waals surface area contributed by atoms with Crippen LogP contribution < -0.4 is 5.32 Å². The number of piperidine rings is 1. The van der Waals surface area contributed by atoms with Crippen LogP contribution in [0.2, 0.25) is 0 Å². The van der Waals surface area contributed by atoms with Gasteiger partial charge in [-0.1, -0.05) is 0 Å². The third-order valence-electron chi connectivity index (χ3n) is 3.54. The number of anilines is 1. The number of nitrogens with zero attached hydrogens (tertiary/aromatic N) is 2. The number of rotatable bonds is 3. The summed E-state index contributed by atoms with van der Waals surface area (Å²) in [5.74, 6) is 0. The van der Waals surface area contributed by atoms with Gasteiger partial charge in [-0.25, -0.2) is 0 Å². The summed E-state index contributed by atoms with van der Waals surface area (Å²) in [5.41, 5.74) is 0.00509. The van der Waals surface area contributed by atoms with E-state index in [2.05, 4.69) is 32.2 Å². The van der Waals surface area contributed by atoms with Gasteiger partial charge in [-0.3, -0.25) is 4.90 Å². The van der Waals surface area contributed by atoms with Gasteiger partial charge in [0.05, 0.1) is 18.2 Å².